The van der Waals surface area contributed by atoms with Crippen molar-refractivity contribution in [2.75, 3.05) is 26.3 Å². The Labute approximate surface area is 175 Å². The number of fused-ring (bicyclic) bond motifs is 1. The molecule has 162 valence electrons. The summed E-state index contributed by atoms with van der Waals surface area (Å²) in [6.07, 6.45) is 8.03. The second-order valence-corrected chi connectivity index (χ2v) is 8.11. The second-order valence-electron chi connectivity index (χ2n) is 8.11. The molecule has 2 aromatic heterocycles. The molecule has 30 heavy (non-hydrogen) atoms. The van der Waals surface area contributed by atoms with E-state index in [-0.39, 0.29) is 29.5 Å². The van der Waals surface area contributed by atoms with Gasteiger partial charge in [-0.3, -0.25) is 14.3 Å². The first-order chi connectivity index (χ1) is 14.6. The van der Waals surface area contributed by atoms with Crippen LogP contribution in [0.5, 0.6) is 0 Å². The van der Waals surface area contributed by atoms with Gasteiger partial charge in [-0.2, -0.15) is 5.10 Å². The molecule has 3 heterocycles. The minimum Gasteiger partial charge on any atom is -0.380 e. The number of carbonyl (C=O) groups is 2. The molecule has 0 spiro atoms. The highest BCUT2D eigenvalue weighted by Gasteiger charge is 2.38. The van der Waals surface area contributed by atoms with Gasteiger partial charge in [-0.05, 0) is 31.7 Å². The molecule has 1 saturated carbocycles. The molecule has 1 aliphatic heterocycles. The summed E-state index contributed by atoms with van der Waals surface area (Å²) in [5.74, 6) is 0.197. The predicted molar refractivity (Wildman–Crippen MR) is 108 cm³/mol. The number of hydrogen-bond acceptors (Lipinski definition) is 6. The van der Waals surface area contributed by atoms with Crippen molar-refractivity contribution >= 4 is 11.8 Å². The summed E-state index contributed by atoms with van der Waals surface area (Å²) in [5, 5.41) is 11.2. The first-order valence-electron chi connectivity index (χ1n) is 10.7. The molecule has 2 amide bonds. The van der Waals surface area contributed by atoms with Crippen LogP contribution in [-0.2, 0) is 16.1 Å². The van der Waals surface area contributed by atoms with Gasteiger partial charge >= 0.3 is 0 Å². The molecule has 1 saturated heterocycles. The maximum absolute atomic E-state index is 13.4. The highest BCUT2D eigenvalue weighted by Crippen LogP contribution is 2.30. The molecule has 2 atom stereocenters. The molecule has 1 aliphatic carbocycles. The van der Waals surface area contributed by atoms with E-state index in [0.717, 1.165) is 37.7 Å². The van der Waals surface area contributed by atoms with Crippen LogP contribution in [0.4, 0.5) is 0 Å². The van der Waals surface area contributed by atoms with Crippen LogP contribution in [-0.4, -0.2) is 64.0 Å². The van der Waals surface area contributed by atoms with Gasteiger partial charge in [-0.1, -0.05) is 18.0 Å². The Morgan fingerprint density at radius 2 is 2.13 bits per heavy atom. The molecule has 0 bridgehead atoms. The molecule has 2 aromatic rings. The zero-order valence-corrected chi connectivity index (χ0v) is 17.4. The molecule has 4 rings (SSSR count). The third-order valence-corrected chi connectivity index (χ3v) is 5.82. The van der Waals surface area contributed by atoms with Crippen LogP contribution in [0.2, 0.25) is 0 Å². The summed E-state index contributed by atoms with van der Waals surface area (Å²) < 4.78 is 12.7. The fraction of sp³-hybridized carbons (Fsp3) is 0.619. The summed E-state index contributed by atoms with van der Waals surface area (Å²) in [5.41, 5.74) is 1.33. The summed E-state index contributed by atoms with van der Waals surface area (Å²) >= 11 is 0. The van der Waals surface area contributed by atoms with Crippen LogP contribution in [0, 0.1) is 12.8 Å². The lowest BCUT2D eigenvalue weighted by Crippen LogP contribution is -2.51. The predicted octanol–water partition coefficient (Wildman–Crippen LogP) is 1.77. The summed E-state index contributed by atoms with van der Waals surface area (Å²) in [4.78, 5) is 28.0. The van der Waals surface area contributed by atoms with Gasteiger partial charge < -0.3 is 19.5 Å². The lowest BCUT2D eigenvalue weighted by Gasteiger charge is -2.38. The van der Waals surface area contributed by atoms with E-state index in [1.165, 1.54) is 0 Å². The normalized spacial score (nSPS) is 23.4. The number of nitrogens with zero attached hydrogens (tertiary/aromatic N) is 4. The van der Waals surface area contributed by atoms with Gasteiger partial charge in [-0.25, -0.2) is 0 Å². The standard InChI is InChI=1S/C21H29N5O4/c1-15-12-23-25(13-15)14-16-11-18(24-30-16)21(28)26-8-4-9-29-10-7-22-20(27)17-5-2-3-6-19(17)26/h11-13,17,19H,2-10,14H2,1H3,(H,22,27). The van der Waals surface area contributed by atoms with E-state index >= 15 is 0 Å². The zero-order chi connectivity index (χ0) is 20.9. The van der Waals surface area contributed by atoms with Crippen LogP contribution in [0.15, 0.2) is 23.0 Å². The van der Waals surface area contributed by atoms with Crippen LogP contribution in [0.25, 0.3) is 0 Å². The molecule has 0 aromatic carbocycles. The van der Waals surface area contributed by atoms with Gasteiger partial charge in [0.05, 0.1) is 18.7 Å². The van der Waals surface area contributed by atoms with Crippen LogP contribution in [0.1, 0.15) is 53.9 Å². The van der Waals surface area contributed by atoms with Crippen molar-refractivity contribution in [1.29, 1.82) is 0 Å². The number of hydrogen-bond donors (Lipinski definition) is 1. The zero-order valence-electron chi connectivity index (χ0n) is 17.4. The smallest absolute Gasteiger partial charge is 0.276 e. The highest BCUT2D eigenvalue weighted by molar-refractivity contribution is 5.93. The Balaban J connectivity index is 1.53. The van der Waals surface area contributed by atoms with E-state index in [1.54, 1.807) is 16.9 Å². The van der Waals surface area contributed by atoms with Gasteiger partial charge in [0, 0.05) is 38.0 Å². The largest absolute Gasteiger partial charge is 0.380 e. The lowest BCUT2D eigenvalue weighted by atomic mass is 9.82. The van der Waals surface area contributed by atoms with E-state index in [1.807, 2.05) is 18.0 Å². The minimum absolute atomic E-state index is 0.0119. The van der Waals surface area contributed by atoms with Crippen molar-refractivity contribution in [2.24, 2.45) is 5.92 Å². The number of ether oxygens (including phenoxy) is 1. The fourth-order valence-electron chi connectivity index (χ4n) is 4.37. The molecular formula is C21H29N5O4. The minimum atomic E-state index is -0.195. The Bertz CT molecular complexity index is 876. The van der Waals surface area contributed by atoms with Gasteiger partial charge in [0.25, 0.3) is 5.91 Å². The monoisotopic (exact) mass is 415 g/mol. The summed E-state index contributed by atoms with van der Waals surface area (Å²) in [7, 11) is 0. The molecule has 2 unspecified atom stereocenters. The van der Waals surface area contributed by atoms with Gasteiger partial charge in [-0.15, -0.1) is 0 Å². The van der Waals surface area contributed by atoms with Gasteiger partial charge in [0.2, 0.25) is 5.91 Å². The van der Waals surface area contributed by atoms with E-state index in [4.69, 9.17) is 9.26 Å². The average Bonchev–Trinajstić information content (AvgIpc) is 3.37. The van der Waals surface area contributed by atoms with E-state index in [9.17, 15) is 9.59 Å². The topological polar surface area (TPSA) is 102 Å². The van der Waals surface area contributed by atoms with Crippen molar-refractivity contribution in [3.05, 3.63) is 35.5 Å². The number of carbonyl (C=O) groups excluding carboxylic acids is 2. The van der Waals surface area contributed by atoms with E-state index in [2.05, 4.69) is 15.6 Å². The van der Waals surface area contributed by atoms with Crippen molar-refractivity contribution in [3.8, 4) is 0 Å². The van der Waals surface area contributed by atoms with Crippen LogP contribution in [0.3, 0.4) is 0 Å². The van der Waals surface area contributed by atoms with Crippen molar-refractivity contribution in [2.45, 2.75) is 51.6 Å². The van der Waals surface area contributed by atoms with E-state index < -0.39 is 0 Å². The average molecular weight is 415 g/mol. The Kier molecular flexibility index (Phi) is 6.47. The first kappa shape index (κ1) is 20.6. The molecular weight excluding hydrogens is 386 g/mol. The number of nitrogens with one attached hydrogen (secondary N) is 1. The summed E-state index contributed by atoms with van der Waals surface area (Å²) in [6.45, 7) is 4.48. The van der Waals surface area contributed by atoms with Gasteiger partial charge in [0.15, 0.2) is 11.5 Å². The van der Waals surface area contributed by atoms with Gasteiger partial charge in [0.1, 0.15) is 6.54 Å². The molecule has 9 nitrogen and oxygen atoms in total. The Morgan fingerprint density at radius 3 is 2.97 bits per heavy atom. The third-order valence-electron chi connectivity index (χ3n) is 5.82. The first-order valence-corrected chi connectivity index (χ1v) is 10.7. The van der Waals surface area contributed by atoms with Crippen molar-refractivity contribution < 1.29 is 18.8 Å². The Hall–Kier alpha value is -2.68. The second kappa shape index (κ2) is 9.42. The Morgan fingerprint density at radius 1 is 1.27 bits per heavy atom. The third kappa shape index (κ3) is 4.72. The quantitative estimate of drug-likeness (QED) is 0.820. The summed E-state index contributed by atoms with van der Waals surface area (Å²) in [6, 6.07) is 1.55. The van der Waals surface area contributed by atoms with Crippen LogP contribution >= 0.6 is 0 Å². The molecule has 2 fully saturated rings. The van der Waals surface area contributed by atoms with E-state index in [0.29, 0.717) is 38.6 Å². The SMILES string of the molecule is Cc1cnn(Cc2cc(C(=O)N3CCCOCCNC(=O)C4CCCCC43)no2)c1. The van der Waals surface area contributed by atoms with Crippen LogP contribution < -0.4 is 5.32 Å². The number of amides is 2. The molecule has 0 radical (unpaired) electrons. The lowest BCUT2D eigenvalue weighted by molar-refractivity contribution is -0.128. The highest BCUT2D eigenvalue weighted by atomic mass is 16.5. The molecule has 2 aliphatic rings. The maximum atomic E-state index is 13.4. The number of aromatic nitrogens is 3. The van der Waals surface area contributed by atoms with Crippen molar-refractivity contribution in [3.63, 3.8) is 0 Å². The number of rotatable bonds is 3. The number of aryl methyl sites for hydroxylation is 1. The maximum Gasteiger partial charge on any atom is 0.276 e. The fourth-order valence-corrected chi connectivity index (χ4v) is 4.37. The molecule has 1 N–H and O–H groups in total. The molecule has 9 heteroatoms. The van der Waals surface area contributed by atoms with Crippen molar-refractivity contribution in [1.82, 2.24) is 25.2 Å².